The summed E-state index contributed by atoms with van der Waals surface area (Å²) in [5.41, 5.74) is 0.837. The van der Waals surface area contributed by atoms with Gasteiger partial charge in [0.1, 0.15) is 0 Å². The molecule has 1 aliphatic carbocycles. The molecule has 0 aromatic rings. The number of hydrogen-bond donors (Lipinski definition) is 0. The molecule has 4 nitrogen and oxygen atoms in total. The predicted octanol–water partition coefficient (Wildman–Crippen LogP) is 6.76. The molecule has 0 aromatic heterocycles. The van der Waals surface area contributed by atoms with E-state index >= 15 is 0 Å². The number of hydrogen-bond acceptors (Lipinski definition) is 4. The average Bonchev–Trinajstić information content (AvgIpc) is 3.06. The van der Waals surface area contributed by atoms with Gasteiger partial charge >= 0.3 is 189 Å². The van der Waals surface area contributed by atoms with E-state index in [2.05, 4.69) is 31.4 Å². The Hall–Kier alpha value is -0.781. The van der Waals surface area contributed by atoms with Crippen LogP contribution in [-0.4, -0.2) is 43.5 Å². The maximum absolute atomic E-state index is 12.9. The van der Waals surface area contributed by atoms with Gasteiger partial charge in [-0.05, 0) is 0 Å². The summed E-state index contributed by atoms with van der Waals surface area (Å²) < 4.78 is 17.3. The Morgan fingerprint density at radius 1 is 0.867 bits per heavy atom. The number of carbonyl (C=O) groups excluding carboxylic acids is 2. The Kier molecular flexibility index (Phi) is 12.3. The molecule has 0 aromatic carbocycles. The van der Waals surface area contributed by atoms with Crippen molar-refractivity contribution >= 4 is 30.3 Å². The third kappa shape index (κ3) is 7.13. The quantitative estimate of drug-likeness (QED) is 0.142. The van der Waals surface area contributed by atoms with Crippen LogP contribution in [0.3, 0.4) is 0 Å². The van der Waals surface area contributed by atoms with Crippen molar-refractivity contribution in [2.45, 2.75) is 99.3 Å². The first-order chi connectivity index (χ1) is 14.3. The van der Waals surface area contributed by atoms with Gasteiger partial charge in [-0.15, -0.1) is 0 Å². The van der Waals surface area contributed by atoms with Crippen molar-refractivity contribution in [1.82, 2.24) is 0 Å². The third-order valence-corrected chi connectivity index (χ3v) is 20.7. The second-order valence-electron chi connectivity index (χ2n) is 8.82. The monoisotopic (exact) mass is 528 g/mol. The van der Waals surface area contributed by atoms with Gasteiger partial charge in [0.25, 0.3) is 0 Å². The van der Waals surface area contributed by atoms with Gasteiger partial charge in [-0.25, -0.2) is 0 Å². The predicted molar refractivity (Wildman–Crippen MR) is 127 cm³/mol. The standard InChI is InChI=1S/C13H17O4.3C4H9.Sn/c1-5-16-11(14)13(12(15)17-6-2)7-9(3)10(4)8-13;3*1-3-4-2;/h3H,4-8H2,1-2H3;3*1,3-4H2,2H3;. The Morgan fingerprint density at radius 2 is 1.30 bits per heavy atom. The van der Waals surface area contributed by atoms with Crippen molar-refractivity contribution in [3.8, 4) is 0 Å². The van der Waals surface area contributed by atoms with E-state index in [4.69, 9.17) is 9.47 Å². The van der Waals surface area contributed by atoms with Gasteiger partial charge in [-0.3, -0.25) is 0 Å². The van der Waals surface area contributed by atoms with Crippen molar-refractivity contribution < 1.29 is 19.1 Å². The van der Waals surface area contributed by atoms with Gasteiger partial charge in [0, 0.05) is 0 Å². The molecular formula is C25H44O4Sn. The first-order valence-corrected chi connectivity index (χ1v) is 19.8. The van der Waals surface area contributed by atoms with Crippen LogP contribution in [0.15, 0.2) is 21.8 Å². The molecule has 0 atom stereocenters. The molecule has 0 saturated heterocycles. The average molecular weight is 527 g/mol. The second-order valence-corrected chi connectivity index (χ2v) is 21.7. The fourth-order valence-electron chi connectivity index (χ4n) is 4.60. The van der Waals surface area contributed by atoms with E-state index in [-0.39, 0.29) is 13.2 Å². The summed E-state index contributed by atoms with van der Waals surface area (Å²) in [6.07, 6.45) is 8.21. The molecule has 30 heavy (non-hydrogen) atoms. The second kappa shape index (κ2) is 13.6. The van der Waals surface area contributed by atoms with E-state index in [1.54, 1.807) is 13.8 Å². The molecule has 0 N–H and O–H groups in total. The van der Waals surface area contributed by atoms with Crippen LogP contribution in [0.2, 0.25) is 13.3 Å². The molecule has 0 radical (unpaired) electrons. The van der Waals surface area contributed by atoms with Gasteiger partial charge < -0.3 is 0 Å². The van der Waals surface area contributed by atoms with Crippen LogP contribution in [0.1, 0.15) is 86.0 Å². The molecule has 172 valence electrons. The van der Waals surface area contributed by atoms with Crippen LogP contribution in [0.4, 0.5) is 0 Å². The van der Waals surface area contributed by atoms with Crippen LogP contribution in [-0.2, 0) is 19.1 Å². The van der Waals surface area contributed by atoms with Crippen molar-refractivity contribution in [3.63, 3.8) is 0 Å². The Balaban J connectivity index is 3.35. The summed E-state index contributed by atoms with van der Waals surface area (Å²) >= 11 is -2.57. The van der Waals surface area contributed by atoms with Gasteiger partial charge in [0.2, 0.25) is 0 Å². The van der Waals surface area contributed by atoms with Crippen LogP contribution in [0.25, 0.3) is 0 Å². The molecule has 1 rings (SSSR count). The van der Waals surface area contributed by atoms with Gasteiger partial charge in [-0.1, -0.05) is 0 Å². The number of allylic oxidation sites excluding steroid dienone is 2. The minimum atomic E-state index is -2.57. The number of rotatable bonds is 14. The topological polar surface area (TPSA) is 52.6 Å². The van der Waals surface area contributed by atoms with E-state index in [0.717, 1.165) is 11.1 Å². The summed E-state index contributed by atoms with van der Waals surface area (Å²) in [6.45, 7) is 15.2. The van der Waals surface area contributed by atoms with E-state index in [0.29, 0.717) is 12.8 Å². The normalized spacial score (nSPS) is 17.4. The van der Waals surface area contributed by atoms with E-state index < -0.39 is 35.7 Å². The molecule has 0 heterocycles. The zero-order valence-corrected chi connectivity index (χ0v) is 23.0. The van der Waals surface area contributed by atoms with Crippen molar-refractivity contribution in [3.05, 3.63) is 21.8 Å². The summed E-state index contributed by atoms with van der Waals surface area (Å²) in [5.74, 6) is -0.908. The fourth-order valence-corrected chi connectivity index (χ4v) is 20.0. The van der Waals surface area contributed by atoms with Crippen LogP contribution in [0, 0.1) is 5.41 Å². The third-order valence-electron chi connectivity index (χ3n) is 6.36. The first-order valence-electron chi connectivity index (χ1n) is 12.1. The molecule has 0 amide bonds. The van der Waals surface area contributed by atoms with E-state index in [9.17, 15) is 9.59 Å². The van der Waals surface area contributed by atoms with Crippen LogP contribution in [0.5, 0.6) is 0 Å². The molecule has 5 heteroatoms. The number of ether oxygens (including phenoxy) is 2. The molecule has 0 unspecified atom stereocenters. The zero-order chi connectivity index (χ0) is 22.6. The van der Waals surface area contributed by atoms with Gasteiger partial charge in [0.15, 0.2) is 0 Å². The molecule has 0 spiro atoms. The SMILES string of the molecule is C=C1CC(C(=O)OCC)(C(=O)OCC)C/C1=[CH]/[Sn]([CH2]CCC)([CH2]CCC)[CH2]CCC. The van der Waals surface area contributed by atoms with Crippen molar-refractivity contribution in [2.75, 3.05) is 13.2 Å². The summed E-state index contributed by atoms with van der Waals surface area (Å²) in [4.78, 5) is 25.8. The Labute approximate surface area is 188 Å². The first kappa shape index (κ1) is 27.3. The van der Waals surface area contributed by atoms with E-state index in [1.165, 1.54) is 51.8 Å². The maximum atomic E-state index is 12.9. The molecule has 1 aliphatic rings. The van der Waals surface area contributed by atoms with Gasteiger partial charge in [0.05, 0.1) is 0 Å². The van der Waals surface area contributed by atoms with Crippen molar-refractivity contribution in [1.29, 1.82) is 0 Å². The zero-order valence-electron chi connectivity index (χ0n) is 20.1. The summed E-state index contributed by atoms with van der Waals surface area (Å²) in [7, 11) is 0. The number of unbranched alkanes of at least 4 members (excludes halogenated alkanes) is 3. The minimum absolute atomic E-state index is 0.262. The summed E-state index contributed by atoms with van der Waals surface area (Å²) in [6, 6.07) is 0. The van der Waals surface area contributed by atoms with Crippen LogP contribution < -0.4 is 0 Å². The Morgan fingerprint density at radius 3 is 1.67 bits per heavy atom. The molecule has 0 aliphatic heterocycles. The molecule has 1 fully saturated rings. The summed E-state index contributed by atoms with van der Waals surface area (Å²) in [5, 5.41) is 0. The van der Waals surface area contributed by atoms with E-state index in [1.807, 2.05) is 0 Å². The Bertz CT molecular complexity index is 568. The van der Waals surface area contributed by atoms with Crippen LogP contribution >= 0.6 is 0 Å². The van der Waals surface area contributed by atoms with Crippen molar-refractivity contribution in [2.24, 2.45) is 5.41 Å². The fraction of sp³-hybridized carbons (Fsp3) is 0.760. The molecular weight excluding hydrogens is 483 g/mol. The molecule has 0 bridgehead atoms. The molecule has 1 saturated carbocycles. The van der Waals surface area contributed by atoms with Gasteiger partial charge in [-0.2, -0.15) is 0 Å². The number of carbonyl (C=O) groups is 2. The number of esters is 2.